The van der Waals surface area contributed by atoms with E-state index in [9.17, 15) is 0 Å². The molecular weight excluding hydrogens is 154 g/mol. The maximum atomic E-state index is 5.65. The molecule has 1 aromatic heterocycles. The molecule has 12 heavy (non-hydrogen) atoms. The number of rotatable bonds is 4. The van der Waals surface area contributed by atoms with E-state index < -0.39 is 0 Å². The second kappa shape index (κ2) is 4.23. The number of hydrogen-bond acceptors (Lipinski definition) is 3. The molecule has 0 fully saturated rings. The lowest BCUT2D eigenvalue weighted by molar-refractivity contribution is 0.183. The van der Waals surface area contributed by atoms with Gasteiger partial charge in [-0.25, -0.2) is 0 Å². The first-order valence-corrected chi connectivity index (χ1v) is 4.02. The van der Waals surface area contributed by atoms with E-state index >= 15 is 0 Å². The Bertz CT molecular complexity index is 232. The topological polar surface area (TPSA) is 53.1 Å². The van der Waals surface area contributed by atoms with Gasteiger partial charge in [-0.05, 0) is 13.0 Å². The summed E-state index contributed by atoms with van der Waals surface area (Å²) in [7, 11) is 1.68. The van der Waals surface area contributed by atoms with Crippen molar-refractivity contribution in [3.05, 3.63) is 18.0 Å². The predicted molar refractivity (Wildman–Crippen MR) is 46.7 cm³/mol. The molecule has 0 unspecified atom stereocenters. The number of methoxy groups -OCH3 is 1. The fourth-order valence-corrected chi connectivity index (χ4v) is 0.930. The van der Waals surface area contributed by atoms with Crippen LogP contribution in [-0.2, 0) is 11.3 Å². The predicted octanol–water partition coefficient (Wildman–Crippen LogP) is 0.549. The van der Waals surface area contributed by atoms with Crippen LogP contribution in [0.2, 0.25) is 0 Å². The summed E-state index contributed by atoms with van der Waals surface area (Å²) in [6.07, 6.45) is 1.91. The van der Waals surface area contributed by atoms with E-state index in [1.807, 2.05) is 23.9 Å². The normalized spacial score (nSPS) is 13.2. The van der Waals surface area contributed by atoms with Crippen molar-refractivity contribution in [1.29, 1.82) is 0 Å². The first-order valence-electron chi connectivity index (χ1n) is 4.02. The van der Waals surface area contributed by atoms with Gasteiger partial charge in [0.2, 0.25) is 0 Å². The lowest BCUT2D eigenvalue weighted by Gasteiger charge is -2.00. The monoisotopic (exact) mass is 169 g/mol. The molecule has 0 amide bonds. The molecule has 0 bridgehead atoms. The van der Waals surface area contributed by atoms with Crippen LogP contribution in [0.15, 0.2) is 12.3 Å². The van der Waals surface area contributed by atoms with Gasteiger partial charge in [0.05, 0.1) is 18.8 Å². The Hall–Kier alpha value is -0.870. The van der Waals surface area contributed by atoms with Gasteiger partial charge in [-0.2, -0.15) is 5.10 Å². The van der Waals surface area contributed by atoms with E-state index in [0.29, 0.717) is 6.61 Å². The molecule has 1 rings (SSSR count). The summed E-state index contributed by atoms with van der Waals surface area (Å²) < 4.78 is 6.76. The van der Waals surface area contributed by atoms with E-state index in [1.165, 1.54) is 0 Å². The van der Waals surface area contributed by atoms with Gasteiger partial charge in [0, 0.05) is 19.3 Å². The smallest absolute Gasteiger partial charge is 0.0788 e. The van der Waals surface area contributed by atoms with Gasteiger partial charge in [0.25, 0.3) is 0 Å². The Kier molecular flexibility index (Phi) is 3.25. The largest absolute Gasteiger partial charge is 0.383 e. The van der Waals surface area contributed by atoms with Gasteiger partial charge in [0.1, 0.15) is 0 Å². The van der Waals surface area contributed by atoms with Crippen LogP contribution < -0.4 is 5.73 Å². The highest BCUT2D eigenvalue weighted by Gasteiger charge is 2.02. The Morgan fingerprint density at radius 2 is 2.50 bits per heavy atom. The molecule has 0 saturated carbocycles. The highest BCUT2D eigenvalue weighted by atomic mass is 16.5. The van der Waals surface area contributed by atoms with Crippen molar-refractivity contribution in [2.45, 2.75) is 19.5 Å². The van der Waals surface area contributed by atoms with Gasteiger partial charge >= 0.3 is 0 Å². The second-order valence-electron chi connectivity index (χ2n) is 2.79. The molecule has 1 atom stereocenters. The lowest BCUT2D eigenvalue weighted by Crippen LogP contribution is -2.09. The molecule has 2 N–H and O–H groups in total. The van der Waals surface area contributed by atoms with E-state index in [1.54, 1.807) is 7.11 Å². The van der Waals surface area contributed by atoms with E-state index in [2.05, 4.69) is 5.10 Å². The standard InChI is InChI=1S/C8H15N3O/c1-7(9)8-3-4-11(10-8)5-6-12-2/h3-4,7H,5-6,9H2,1-2H3/t7-/m1/s1. The van der Waals surface area contributed by atoms with Crippen molar-refractivity contribution in [1.82, 2.24) is 9.78 Å². The van der Waals surface area contributed by atoms with Crippen LogP contribution in [0.4, 0.5) is 0 Å². The van der Waals surface area contributed by atoms with Crippen LogP contribution in [0, 0.1) is 0 Å². The zero-order chi connectivity index (χ0) is 8.97. The molecule has 0 spiro atoms. The maximum Gasteiger partial charge on any atom is 0.0788 e. The molecule has 0 aliphatic rings. The van der Waals surface area contributed by atoms with Gasteiger partial charge < -0.3 is 10.5 Å². The number of nitrogens with two attached hydrogens (primary N) is 1. The van der Waals surface area contributed by atoms with E-state index in [-0.39, 0.29) is 6.04 Å². The molecule has 1 heterocycles. The fraction of sp³-hybridized carbons (Fsp3) is 0.625. The van der Waals surface area contributed by atoms with Gasteiger partial charge in [0.15, 0.2) is 0 Å². The van der Waals surface area contributed by atoms with Gasteiger partial charge in [-0.1, -0.05) is 0 Å². The molecular formula is C8H15N3O. The minimum atomic E-state index is 0.00814. The van der Waals surface area contributed by atoms with E-state index in [4.69, 9.17) is 10.5 Å². The van der Waals surface area contributed by atoms with Crippen LogP contribution in [0.25, 0.3) is 0 Å². The average molecular weight is 169 g/mol. The first kappa shape index (κ1) is 9.22. The quantitative estimate of drug-likeness (QED) is 0.716. The van der Waals surface area contributed by atoms with Gasteiger partial charge in [-0.3, -0.25) is 4.68 Å². The number of ether oxygens (including phenoxy) is 1. The molecule has 0 aliphatic heterocycles. The van der Waals surface area contributed by atoms with Crippen molar-refractivity contribution in [2.75, 3.05) is 13.7 Å². The van der Waals surface area contributed by atoms with Crippen LogP contribution in [0.1, 0.15) is 18.7 Å². The van der Waals surface area contributed by atoms with Crippen molar-refractivity contribution < 1.29 is 4.74 Å². The number of nitrogens with zero attached hydrogens (tertiary/aromatic N) is 2. The zero-order valence-electron chi connectivity index (χ0n) is 7.53. The molecule has 4 nitrogen and oxygen atoms in total. The third-order valence-electron chi connectivity index (χ3n) is 1.65. The molecule has 0 aromatic carbocycles. The summed E-state index contributed by atoms with van der Waals surface area (Å²) in [5.74, 6) is 0. The zero-order valence-corrected chi connectivity index (χ0v) is 7.53. The Morgan fingerprint density at radius 3 is 3.00 bits per heavy atom. The summed E-state index contributed by atoms with van der Waals surface area (Å²) in [6.45, 7) is 3.38. The SMILES string of the molecule is COCCn1ccc([C@@H](C)N)n1. The minimum absolute atomic E-state index is 0.00814. The third kappa shape index (κ3) is 2.32. The average Bonchev–Trinajstić information content (AvgIpc) is 2.48. The van der Waals surface area contributed by atoms with Crippen molar-refractivity contribution in [3.63, 3.8) is 0 Å². The summed E-state index contributed by atoms with van der Waals surface area (Å²) in [4.78, 5) is 0. The summed E-state index contributed by atoms with van der Waals surface area (Å²) in [5, 5.41) is 4.26. The summed E-state index contributed by atoms with van der Waals surface area (Å²) in [6, 6.07) is 1.94. The maximum absolute atomic E-state index is 5.65. The first-order chi connectivity index (χ1) is 5.74. The van der Waals surface area contributed by atoms with Crippen molar-refractivity contribution in [3.8, 4) is 0 Å². The van der Waals surface area contributed by atoms with Crippen molar-refractivity contribution >= 4 is 0 Å². The van der Waals surface area contributed by atoms with Crippen molar-refractivity contribution in [2.24, 2.45) is 5.73 Å². The second-order valence-corrected chi connectivity index (χ2v) is 2.79. The number of aromatic nitrogens is 2. The molecule has 4 heteroatoms. The summed E-state index contributed by atoms with van der Waals surface area (Å²) in [5.41, 5.74) is 6.57. The number of hydrogen-bond donors (Lipinski definition) is 1. The minimum Gasteiger partial charge on any atom is -0.383 e. The summed E-state index contributed by atoms with van der Waals surface area (Å²) >= 11 is 0. The Morgan fingerprint density at radius 1 is 1.75 bits per heavy atom. The highest BCUT2D eigenvalue weighted by molar-refractivity contribution is 5.02. The highest BCUT2D eigenvalue weighted by Crippen LogP contribution is 2.04. The lowest BCUT2D eigenvalue weighted by atomic mass is 10.3. The van der Waals surface area contributed by atoms with E-state index in [0.717, 1.165) is 12.2 Å². The molecule has 0 aliphatic carbocycles. The Balaban J connectivity index is 2.52. The van der Waals surface area contributed by atoms with Crippen LogP contribution in [-0.4, -0.2) is 23.5 Å². The van der Waals surface area contributed by atoms with Crippen LogP contribution >= 0.6 is 0 Å². The molecule has 68 valence electrons. The molecule has 0 saturated heterocycles. The fourth-order valence-electron chi connectivity index (χ4n) is 0.930. The van der Waals surface area contributed by atoms with Crippen LogP contribution in [0.5, 0.6) is 0 Å². The van der Waals surface area contributed by atoms with Gasteiger partial charge in [-0.15, -0.1) is 0 Å². The van der Waals surface area contributed by atoms with Crippen LogP contribution in [0.3, 0.4) is 0 Å². The molecule has 0 radical (unpaired) electrons. The third-order valence-corrected chi connectivity index (χ3v) is 1.65. The molecule has 1 aromatic rings. The Labute approximate surface area is 72.3 Å².